The quantitative estimate of drug-likeness (QED) is 0.505. The zero-order valence-corrected chi connectivity index (χ0v) is 18.1. The molecule has 27 heavy (non-hydrogen) atoms. The van der Waals surface area contributed by atoms with Gasteiger partial charge in [0.1, 0.15) is 0 Å². The Morgan fingerprint density at radius 3 is 1.93 bits per heavy atom. The summed E-state index contributed by atoms with van der Waals surface area (Å²) in [5.41, 5.74) is 0.827. The summed E-state index contributed by atoms with van der Waals surface area (Å²) in [6, 6.07) is 10.7. The lowest BCUT2D eigenvalue weighted by molar-refractivity contribution is -0.197. The van der Waals surface area contributed by atoms with Crippen molar-refractivity contribution in [3.8, 4) is 0 Å². The topological polar surface area (TPSA) is 63.7 Å². The van der Waals surface area contributed by atoms with Gasteiger partial charge >= 0.3 is 5.97 Å². The predicted molar refractivity (Wildman–Crippen MR) is 108 cm³/mol. The summed E-state index contributed by atoms with van der Waals surface area (Å²) < 4.78 is 0. The Kier molecular flexibility index (Phi) is 6.98. The number of nitrogens with zero attached hydrogens (tertiary/aromatic N) is 1. The third-order valence-electron chi connectivity index (χ3n) is 4.92. The minimum absolute atomic E-state index is 0.0456. The lowest BCUT2D eigenvalue weighted by atomic mass is 10.1. The molecule has 0 bridgehead atoms. The molecule has 1 saturated heterocycles. The second-order valence-corrected chi connectivity index (χ2v) is 13.2. The first kappa shape index (κ1) is 21.3. The summed E-state index contributed by atoms with van der Waals surface area (Å²) in [7, 11) is -1.58. The number of rotatable bonds is 8. The molecule has 2 rings (SSSR count). The van der Waals surface area contributed by atoms with Gasteiger partial charge in [0.25, 0.3) is 11.8 Å². The smallest absolute Gasteiger partial charge is 0.330 e. The first-order chi connectivity index (χ1) is 12.6. The van der Waals surface area contributed by atoms with Gasteiger partial charge < -0.3 is 4.84 Å². The highest BCUT2D eigenvalue weighted by molar-refractivity contribution is 6.90. The maximum atomic E-state index is 12.1. The van der Waals surface area contributed by atoms with Gasteiger partial charge in [-0.15, -0.1) is 5.06 Å². The molecule has 1 fully saturated rings. The van der Waals surface area contributed by atoms with Crippen LogP contribution in [-0.2, 0) is 25.6 Å². The molecule has 0 unspecified atom stereocenters. The molecule has 5 nitrogen and oxygen atoms in total. The molecule has 148 valence electrons. The number of amides is 2. The molecule has 0 saturated carbocycles. The molecular weight excluding hydrogens is 358 g/mol. The fourth-order valence-electron chi connectivity index (χ4n) is 4.10. The molecule has 0 radical (unpaired) electrons. The molecule has 1 aromatic rings. The second-order valence-electron chi connectivity index (χ2n) is 8.68. The Morgan fingerprint density at radius 2 is 1.48 bits per heavy atom. The minimum Gasteiger partial charge on any atom is -0.330 e. The van der Waals surface area contributed by atoms with E-state index in [1.54, 1.807) is 0 Å². The van der Waals surface area contributed by atoms with Gasteiger partial charge in [0.15, 0.2) is 0 Å². The van der Waals surface area contributed by atoms with Gasteiger partial charge in [-0.05, 0) is 17.4 Å². The van der Waals surface area contributed by atoms with Crippen molar-refractivity contribution in [3.05, 3.63) is 29.8 Å². The third kappa shape index (κ3) is 5.76. The first-order valence-electron chi connectivity index (χ1n) is 9.76. The molecule has 6 heteroatoms. The van der Waals surface area contributed by atoms with Gasteiger partial charge in [-0.1, -0.05) is 75.8 Å². The molecule has 0 aliphatic carbocycles. The van der Waals surface area contributed by atoms with E-state index in [9.17, 15) is 14.4 Å². The van der Waals surface area contributed by atoms with Crippen molar-refractivity contribution in [1.29, 1.82) is 0 Å². The molecule has 1 aliphatic rings. The van der Waals surface area contributed by atoms with Gasteiger partial charge in [0.2, 0.25) is 0 Å². The Balaban J connectivity index is 2.05. The van der Waals surface area contributed by atoms with Crippen LogP contribution in [0.5, 0.6) is 0 Å². The van der Waals surface area contributed by atoms with Crippen LogP contribution in [0.4, 0.5) is 0 Å². The molecular formula is C21H31NO4Si. The summed E-state index contributed by atoms with van der Waals surface area (Å²) in [4.78, 5) is 40.1. The molecule has 0 spiro atoms. The van der Waals surface area contributed by atoms with Crippen molar-refractivity contribution >= 4 is 31.0 Å². The molecule has 0 aromatic heterocycles. The lowest BCUT2D eigenvalue weighted by Crippen LogP contribution is -2.46. The van der Waals surface area contributed by atoms with Crippen LogP contribution >= 0.6 is 0 Å². The van der Waals surface area contributed by atoms with Crippen LogP contribution in [0.15, 0.2) is 24.3 Å². The zero-order valence-electron chi connectivity index (χ0n) is 17.1. The SMILES string of the molecule is CC(C)C[Si](C)(CC(C)C)c1ccc(CC(=O)ON2C(=O)CCC2=O)cc1. The Hall–Kier alpha value is -1.95. The van der Waals surface area contributed by atoms with E-state index in [2.05, 4.69) is 46.4 Å². The van der Waals surface area contributed by atoms with Gasteiger partial charge in [0, 0.05) is 12.8 Å². The fraction of sp³-hybridized carbons (Fsp3) is 0.571. The molecule has 1 heterocycles. The predicted octanol–water partition coefficient (Wildman–Crippen LogP) is 3.43. The number of hydrogen-bond donors (Lipinski definition) is 0. The standard InChI is InChI=1S/C21H31NO4Si/c1-15(2)13-27(5,14-16(3)4)18-8-6-17(7-9-18)12-21(25)26-22-19(23)10-11-20(22)24/h6-9,15-16H,10-14H2,1-5H3. The highest BCUT2D eigenvalue weighted by Gasteiger charge is 2.33. The van der Waals surface area contributed by atoms with E-state index in [0.717, 1.165) is 5.56 Å². The highest BCUT2D eigenvalue weighted by atomic mass is 28.3. The maximum absolute atomic E-state index is 12.1. The number of hydroxylamine groups is 2. The molecule has 0 atom stereocenters. The van der Waals surface area contributed by atoms with Crippen molar-refractivity contribution in [2.75, 3.05) is 0 Å². The molecule has 0 N–H and O–H groups in total. The van der Waals surface area contributed by atoms with E-state index < -0.39 is 25.9 Å². The van der Waals surface area contributed by atoms with Gasteiger partial charge in [0.05, 0.1) is 14.5 Å². The zero-order chi connectivity index (χ0) is 20.2. The average molecular weight is 390 g/mol. The lowest BCUT2D eigenvalue weighted by Gasteiger charge is -2.32. The van der Waals surface area contributed by atoms with Crippen LogP contribution in [0.25, 0.3) is 0 Å². The molecule has 1 aliphatic heterocycles. The van der Waals surface area contributed by atoms with Crippen molar-refractivity contribution in [3.63, 3.8) is 0 Å². The number of benzene rings is 1. The number of hydrogen-bond acceptors (Lipinski definition) is 4. The van der Waals surface area contributed by atoms with Crippen molar-refractivity contribution in [1.82, 2.24) is 5.06 Å². The Bertz CT molecular complexity index is 671. The van der Waals surface area contributed by atoms with Gasteiger partial charge in [-0.2, -0.15) is 0 Å². The van der Waals surface area contributed by atoms with Crippen molar-refractivity contribution < 1.29 is 19.2 Å². The average Bonchev–Trinajstić information content (AvgIpc) is 2.85. The van der Waals surface area contributed by atoms with Crippen molar-refractivity contribution in [2.24, 2.45) is 11.8 Å². The number of carbonyl (C=O) groups is 3. The monoisotopic (exact) mass is 389 g/mol. The summed E-state index contributed by atoms with van der Waals surface area (Å²) in [6.45, 7) is 11.5. The van der Waals surface area contributed by atoms with E-state index in [-0.39, 0.29) is 19.3 Å². The normalized spacial score (nSPS) is 15.1. The van der Waals surface area contributed by atoms with Crippen LogP contribution in [0.3, 0.4) is 0 Å². The molecule has 2 amide bonds. The maximum Gasteiger partial charge on any atom is 0.337 e. The van der Waals surface area contributed by atoms with Gasteiger partial charge in [-0.25, -0.2) is 4.79 Å². The fourth-order valence-corrected chi connectivity index (χ4v) is 9.32. The number of carbonyl (C=O) groups excluding carboxylic acids is 3. The van der Waals surface area contributed by atoms with Crippen molar-refractivity contribution in [2.45, 2.75) is 65.6 Å². The minimum atomic E-state index is -1.58. The van der Waals surface area contributed by atoms with E-state index in [1.807, 2.05) is 12.1 Å². The van der Waals surface area contributed by atoms with Gasteiger partial charge in [-0.3, -0.25) is 9.59 Å². The first-order valence-corrected chi connectivity index (χ1v) is 12.7. The van der Waals surface area contributed by atoms with Crippen LogP contribution in [0.1, 0.15) is 46.1 Å². The van der Waals surface area contributed by atoms with E-state index in [1.165, 1.54) is 17.3 Å². The summed E-state index contributed by atoms with van der Waals surface area (Å²) in [6.07, 6.45) is 0.259. The van der Waals surface area contributed by atoms with Crippen LogP contribution in [-0.4, -0.2) is 30.9 Å². The van der Waals surface area contributed by atoms with E-state index in [0.29, 0.717) is 16.9 Å². The second kappa shape index (κ2) is 8.82. The summed E-state index contributed by atoms with van der Waals surface area (Å²) in [5, 5.41) is 2.01. The highest BCUT2D eigenvalue weighted by Crippen LogP contribution is 2.25. The van der Waals surface area contributed by atoms with Crippen LogP contribution in [0, 0.1) is 11.8 Å². The van der Waals surface area contributed by atoms with Crippen LogP contribution in [0.2, 0.25) is 18.6 Å². The Morgan fingerprint density at radius 1 is 1.00 bits per heavy atom. The van der Waals surface area contributed by atoms with E-state index >= 15 is 0 Å². The molecule has 1 aromatic carbocycles. The van der Waals surface area contributed by atoms with E-state index in [4.69, 9.17) is 4.84 Å². The largest absolute Gasteiger partial charge is 0.337 e. The summed E-state index contributed by atoms with van der Waals surface area (Å²) >= 11 is 0. The summed E-state index contributed by atoms with van der Waals surface area (Å²) in [5.74, 6) is -0.174. The Labute approximate surface area is 163 Å². The number of imide groups is 1. The third-order valence-corrected chi connectivity index (χ3v) is 10.1. The van der Waals surface area contributed by atoms with Crippen LogP contribution < -0.4 is 5.19 Å².